The average molecular weight is 779 g/mol. The van der Waals surface area contributed by atoms with Gasteiger partial charge in [0.25, 0.3) is 0 Å². The number of furan rings is 1. The van der Waals surface area contributed by atoms with Crippen molar-refractivity contribution in [1.29, 1.82) is 0 Å². The normalized spacial score (nSPS) is 11.6. The van der Waals surface area contributed by atoms with Crippen LogP contribution in [0.1, 0.15) is 0 Å². The second-order valence-corrected chi connectivity index (χ2v) is 15.6. The first-order valence-electron chi connectivity index (χ1n) is 20.8. The summed E-state index contributed by atoms with van der Waals surface area (Å²) in [6.07, 6.45) is 0. The first-order valence-corrected chi connectivity index (χ1v) is 20.8. The van der Waals surface area contributed by atoms with Crippen LogP contribution >= 0.6 is 0 Å². The molecule has 0 bridgehead atoms. The van der Waals surface area contributed by atoms with Gasteiger partial charge in [-0.25, -0.2) is 0 Å². The summed E-state index contributed by atoms with van der Waals surface area (Å²) in [7, 11) is 0. The Hall–Kier alpha value is -8.14. The lowest BCUT2D eigenvalue weighted by Crippen LogP contribution is -2.11. The van der Waals surface area contributed by atoms with Gasteiger partial charge in [0.05, 0.1) is 27.8 Å². The number of hydrogen-bond acceptors (Lipinski definition) is 2. The predicted octanol–water partition coefficient (Wildman–Crippen LogP) is 16.3. The molecule has 286 valence electrons. The number of rotatable bonds is 7. The van der Waals surface area contributed by atoms with Gasteiger partial charge in [-0.05, 0) is 105 Å². The van der Waals surface area contributed by atoms with E-state index >= 15 is 0 Å². The van der Waals surface area contributed by atoms with Crippen LogP contribution in [0.4, 0.5) is 17.1 Å². The van der Waals surface area contributed by atoms with Gasteiger partial charge in [-0.2, -0.15) is 0 Å². The molecular formula is C58H38N2O. The Morgan fingerprint density at radius 1 is 0.361 bits per heavy atom. The summed E-state index contributed by atoms with van der Waals surface area (Å²) in [6.45, 7) is 0. The second-order valence-electron chi connectivity index (χ2n) is 15.6. The Morgan fingerprint density at radius 3 is 1.84 bits per heavy atom. The number of benzene rings is 10. The number of hydrogen-bond donors (Lipinski definition) is 0. The molecule has 0 N–H and O–H groups in total. The van der Waals surface area contributed by atoms with Crippen LogP contribution < -0.4 is 4.90 Å². The van der Waals surface area contributed by atoms with E-state index in [0.29, 0.717) is 0 Å². The molecule has 0 fully saturated rings. The van der Waals surface area contributed by atoms with Crippen molar-refractivity contribution in [3.8, 4) is 39.1 Å². The molecular weight excluding hydrogens is 741 g/mol. The van der Waals surface area contributed by atoms with Crippen molar-refractivity contribution in [2.45, 2.75) is 0 Å². The average Bonchev–Trinajstić information content (AvgIpc) is 3.89. The zero-order valence-electron chi connectivity index (χ0n) is 33.2. The third-order valence-corrected chi connectivity index (χ3v) is 12.2. The standard InChI is InChI=1S/C58H38N2O/c1-3-16-41(17-4-1)48-36-37-54(57-50-26-10-12-31-55(50)61-58(48)57)60(53-30-15-29-52-56(53)49-25-9-11-28-51(49)59(52)44-22-5-2-6-23-44)45-34-32-39(33-35-45)42-20-13-21-43(38-42)47-27-14-19-40-18-7-8-24-46(40)47/h1-38H. The molecule has 0 saturated carbocycles. The van der Waals surface area contributed by atoms with Gasteiger partial charge in [0.1, 0.15) is 11.2 Å². The van der Waals surface area contributed by atoms with Crippen LogP contribution in [-0.4, -0.2) is 4.57 Å². The van der Waals surface area contributed by atoms with Gasteiger partial charge in [0.2, 0.25) is 0 Å². The summed E-state index contributed by atoms with van der Waals surface area (Å²) in [5, 5.41) is 7.03. The fraction of sp³-hybridized carbons (Fsp3) is 0. The van der Waals surface area contributed by atoms with Crippen LogP contribution in [0, 0.1) is 0 Å². The van der Waals surface area contributed by atoms with Crippen molar-refractivity contribution in [2.24, 2.45) is 0 Å². The first-order chi connectivity index (χ1) is 30.3. The minimum absolute atomic E-state index is 0.863. The van der Waals surface area contributed by atoms with E-state index in [-0.39, 0.29) is 0 Å². The maximum atomic E-state index is 6.84. The molecule has 0 radical (unpaired) electrons. The van der Waals surface area contributed by atoms with Crippen molar-refractivity contribution < 1.29 is 4.42 Å². The van der Waals surface area contributed by atoms with E-state index in [1.807, 2.05) is 0 Å². The van der Waals surface area contributed by atoms with Crippen LogP contribution in [-0.2, 0) is 0 Å². The molecule has 0 unspecified atom stereocenters. The number of anilines is 3. The number of nitrogens with zero attached hydrogens (tertiary/aromatic N) is 2. The Balaban J connectivity index is 1.10. The van der Waals surface area contributed by atoms with E-state index in [4.69, 9.17) is 4.42 Å². The fourth-order valence-electron chi connectivity index (χ4n) is 9.44. The largest absolute Gasteiger partial charge is 0.455 e. The van der Waals surface area contributed by atoms with Gasteiger partial charge in [0.15, 0.2) is 0 Å². The monoisotopic (exact) mass is 778 g/mol. The second kappa shape index (κ2) is 14.3. The highest BCUT2D eigenvalue weighted by Gasteiger charge is 2.25. The highest BCUT2D eigenvalue weighted by molar-refractivity contribution is 6.21. The number of fused-ring (bicyclic) bond motifs is 7. The lowest BCUT2D eigenvalue weighted by Gasteiger charge is -2.28. The van der Waals surface area contributed by atoms with Crippen LogP contribution in [0.15, 0.2) is 235 Å². The topological polar surface area (TPSA) is 21.3 Å². The molecule has 0 spiro atoms. The summed E-state index contributed by atoms with van der Waals surface area (Å²) in [6, 6.07) is 82.8. The Morgan fingerprint density at radius 2 is 0.984 bits per heavy atom. The van der Waals surface area contributed by atoms with Gasteiger partial charge in [0, 0.05) is 33.1 Å². The molecule has 0 saturated heterocycles. The van der Waals surface area contributed by atoms with E-state index in [2.05, 4.69) is 240 Å². The molecule has 12 rings (SSSR count). The van der Waals surface area contributed by atoms with E-state index in [1.54, 1.807) is 0 Å². The maximum absolute atomic E-state index is 6.84. The third kappa shape index (κ3) is 5.74. The highest BCUT2D eigenvalue weighted by atomic mass is 16.3. The van der Waals surface area contributed by atoms with Gasteiger partial charge in [-0.15, -0.1) is 0 Å². The summed E-state index contributed by atoms with van der Waals surface area (Å²) in [5.41, 5.74) is 15.3. The van der Waals surface area contributed by atoms with Crippen molar-refractivity contribution in [2.75, 3.05) is 4.90 Å². The van der Waals surface area contributed by atoms with Crippen molar-refractivity contribution in [1.82, 2.24) is 4.57 Å². The smallest absolute Gasteiger partial charge is 0.145 e. The molecule has 2 heterocycles. The molecule has 10 aromatic carbocycles. The van der Waals surface area contributed by atoms with Gasteiger partial charge in [-0.3, -0.25) is 0 Å². The Labute approximate surface area is 353 Å². The van der Waals surface area contributed by atoms with Gasteiger partial charge in [-0.1, -0.05) is 164 Å². The van der Waals surface area contributed by atoms with Crippen LogP contribution in [0.2, 0.25) is 0 Å². The van der Waals surface area contributed by atoms with E-state index < -0.39 is 0 Å². The van der Waals surface area contributed by atoms with Crippen LogP contribution in [0.25, 0.3) is 93.6 Å². The van der Waals surface area contributed by atoms with Crippen LogP contribution in [0.3, 0.4) is 0 Å². The molecule has 12 aromatic rings. The fourth-order valence-corrected chi connectivity index (χ4v) is 9.44. The molecule has 0 aliphatic rings. The van der Waals surface area contributed by atoms with Crippen molar-refractivity contribution in [3.05, 3.63) is 231 Å². The number of aromatic nitrogens is 1. The minimum atomic E-state index is 0.863. The summed E-state index contributed by atoms with van der Waals surface area (Å²) >= 11 is 0. The summed E-state index contributed by atoms with van der Waals surface area (Å²) in [4.78, 5) is 2.44. The number of para-hydroxylation sites is 3. The maximum Gasteiger partial charge on any atom is 0.145 e. The van der Waals surface area contributed by atoms with Crippen molar-refractivity contribution in [3.63, 3.8) is 0 Å². The quantitative estimate of drug-likeness (QED) is 0.161. The minimum Gasteiger partial charge on any atom is -0.455 e. The highest BCUT2D eigenvalue weighted by Crippen LogP contribution is 2.49. The van der Waals surface area contributed by atoms with Crippen LogP contribution in [0.5, 0.6) is 0 Å². The molecule has 0 atom stereocenters. The molecule has 3 nitrogen and oxygen atoms in total. The van der Waals surface area contributed by atoms with E-state index in [0.717, 1.165) is 72.4 Å². The molecule has 0 amide bonds. The molecule has 0 aliphatic heterocycles. The molecule has 61 heavy (non-hydrogen) atoms. The lowest BCUT2D eigenvalue weighted by atomic mass is 9.95. The lowest BCUT2D eigenvalue weighted by molar-refractivity contribution is 0.670. The van der Waals surface area contributed by atoms with E-state index in [1.165, 1.54) is 38.2 Å². The zero-order valence-corrected chi connectivity index (χ0v) is 33.2. The zero-order chi connectivity index (χ0) is 40.3. The molecule has 2 aromatic heterocycles. The van der Waals surface area contributed by atoms with Gasteiger partial charge < -0.3 is 13.9 Å². The molecule has 0 aliphatic carbocycles. The Kier molecular flexibility index (Phi) is 8.17. The van der Waals surface area contributed by atoms with E-state index in [9.17, 15) is 0 Å². The SMILES string of the molecule is c1ccc(-c2ccc(N(c3ccc(-c4cccc(-c5cccc6ccccc56)c4)cc3)c3cccc4c3c3ccccc3n4-c3ccccc3)c3c2oc2ccccc23)cc1. The first kappa shape index (κ1) is 34.9. The summed E-state index contributed by atoms with van der Waals surface area (Å²) in [5.74, 6) is 0. The Bertz CT molecular complexity index is 3560. The summed E-state index contributed by atoms with van der Waals surface area (Å²) < 4.78 is 9.23. The van der Waals surface area contributed by atoms with Gasteiger partial charge >= 0.3 is 0 Å². The van der Waals surface area contributed by atoms with Crippen molar-refractivity contribution >= 4 is 71.6 Å². The third-order valence-electron chi connectivity index (χ3n) is 12.2. The predicted molar refractivity (Wildman–Crippen MR) is 257 cm³/mol. The molecule has 3 heteroatoms.